The van der Waals surface area contributed by atoms with Crippen molar-refractivity contribution in [1.82, 2.24) is 5.32 Å². The molecule has 21 heteroatoms. The fourth-order valence-electron chi connectivity index (χ4n) is 4.70. The lowest BCUT2D eigenvalue weighted by molar-refractivity contribution is -0.377. The summed E-state index contributed by atoms with van der Waals surface area (Å²) in [6, 6.07) is -1.72. The van der Waals surface area contributed by atoms with Crippen LogP contribution in [0.4, 0.5) is 0 Å². The Kier molecular flexibility index (Phi) is 14.3. The molecule has 44 heavy (non-hydrogen) atoms. The predicted molar refractivity (Wildman–Crippen MR) is 133 cm³/mol. The van der Waals surface area contributed by atoms with Crippen LogP contribution in [-0.2, 0) is 33.3 Å². The van der Waals surface area contributed by atoms with Gasteiger partial charge >= 0.3 is 5.97 Å². The first-order valence-electron chi connectivity index (χ1n) is 13.1. The van der Waals surface area contributed by atoms with Crippen molar-refractivity contribution in [3.05, 3.63) is 0 Å². The lowest BCUT2D eigenvalue weighted by Gasteiger charge is -2.50. The molecule has 2 heterocycles. The number of carboxylic acids is 1. The predicted octanol–water partition coefficient (Wildman–Crippen LogP) is -9.41. The van der Waals surface area contributed by atoms with Gasteiger partial charge in [-0.1, -0.05) is 0 Å². The fourth-order valence-corrected chi connectivity index (χ4v) is 4.70. The van der Waals surface area contributed by atoms with Crippen LogP contribution in [0.25, 0.3) is 0 Å². The van der Waals surface area contributed by atoms with Crippen molar-refractivity contribution in [3.63, 3.8) is 0 Å². The number of nitrogens with one attached hydrogen (secondary N) is 1. The topological polar surface area (TPSA) is 363 Å². The summed E-state index contributed by atoms with van der Waals surface area (Å²) in [5.74, 6) is -6.31. The Hall–Kier alpha value is -2.03. The number of ether oxygens (including phenoxy) is 4. The number of aliphatic carboxylic acids is 1. The maximum atomic E-state index is 12.5. The van der Waals surface area contributed by atoms with Crippen molar-refractivity contribution in [3.8, 4) is 0 Å². The summed E-state index contributed by atoms with van der Waals surface area (Å²) in [6.45, 7) is -4.40. The number of carbonyl (C=O) groups is 3. The van der Waals surface area contributed by atoms with Gasteiger partial charge in [0.15, 0.2) is 12.6 Å². The number of amides is 1. The van der Waals surface area contributed by atoms with Crippen LogP contribution < -0.4 is 5.32 Å². The van der Waals surface area contributed by atoms with E-state index in [-0.39, 0.29) is 6.29 Å². The summed E-state index contributed by atoms with van der Waals surface area (Å²) in [5, 5.41) is 133. The molecule has 0 aromatic heterocycles. The highest BCUT2D eigenvalue weighted by atomic mass is 16.8. The highest BCUT2D eigenvalue weighted by Crippen LogP contribution is 2.37. The molecule has 2 aliphatic heterocycles. The second-order valence-electron chi connectivity index (χ2n) is 10.2. The average Bonchev–Trinajstić information content (AvgIpc) is 3.01. The maximum absolute atomic E-state index is 12.5. The summed E-state index contributed by atoms with van der Waals surface area (Å²) in [5.41, 5.74) is 0. The van der Waals surface area contributed by atoms with Crippen LogP contribution in [0.5, 0.6) is 0 Å². The Morgan fingerprint density at radius 2 is 1.59 bits per heavy atom. The normalized spacial score (nSPS) is 36.8. The maximum Gasteiger partial charge on any atom is 0.364 e. The zero-order valence-corrected chi connectivity index (χ0v) is 22.9. The Labute approximate surface area is 248 Å². The first kappa shape index (κ1) is 38.2. The van der Waals surface area contributed by atoms with Crippen LogP contribution in [0, 0.1) is 0 Å². The largest absolute Gasteiger partial charge is 0.477 e. The van der Waals surface area contributed by atoms with Gasteiger partial charge in [-0.05, 0) is 0 Å². The number of carbonyl (C=O) groups excluding carboxylic acids is 2. The molecular formula is C23H39NO20. The Bertz CT molecular complexity index is 943. The summed E-state index contributed by atoms with van der Waals surface area (Å²) in [6.07, 6.45) is -28.7. The molecule has 0 aliphatic carbocycles. The van der Waals surface area contributed by atoms with Gasteiger partial charge in [-0.2, -0.15) is 0 Å². The molecule has 0 saturated carbocycles. The number of aliphatic hydroxyl groups is 12. The van der Waals surface area contributed by atoms with E-state index in [9.17, 15) is 75.7 Å². The first-order valence-corrected chi connectivity index (χ1v) is 13.1. The number of rotatable bonds is 16. The highest BCUT2D eigenvalue weighted by molar-refractivity contribution is 5.78. The third-order valence-electron chi connectivity index (χ3n) is 7.12. The molecule has 21 nitrogen and oxygen atoms in total. The summed E-state index contributed by atoms with van der Waals surface area (Å²) >= 11 is 0. The van der Waals surface area contributed by atoms with Gasteiger partial charge in [0.25, 0.3) is 5.79 Å². The minimum absolute atomic E-state index is 0.146. The summed E-state index contributed by atoms with van der Waals surface area (Å²) < 4.78 is 21.4. The van der Waals surface area contributed by atoms with Gasteiger partial charge in [0.2, 0.25) is 5.91 Å². The molecule has 0 aromatic carbocycles. The molecule has 1 amide bonds. The molecule has 256 valence electrons. The summed E-state index contributed by atoms with van der Waals surface area (Å²) in [4.78, 5) is 35.3. The van der Waals surface area contributed by atoms with Gasteiger partial charge in [0.1, 0.15) is 73.8 Å². The van der Waals surface area contributed by atoms with Crippen LogP contribution in [0.3, 0.4) is 0 Å². The Morgan fingerprint density at radius 1 is 0.977 bits per heavy atom. The molecule has 0 radical (unpaired) electrons. The van der Waals surface area contributed by atoms with Crippen LogP contribution in [0.2, 0.25) is 0 Å². The number of aliphatic hydroxyl groups excluding tert-OH is 12. The van der Waals surface area contributed by atoms with Crippen LogP contribution in [0.1, 0.15) is 6.42 Å². The van der Waals surface area contributed by atoms with Crippen molar-refractivity contribution in [2.24, 2.45) is 0 Å². The van der Waals surface area contributed by atoms with Gasteiger partial charge in [-0.25, -0.2) is 4.79 Å². The Balaban J connectivity index is 2.50. The number of aldehydes is 1. The fraction of sp³-hybridized carbons (Fsp3) is 0.870. The number of carboxylic acid groups (broad SMARTS) is 1. The van der Waals surface area contributed by atoms with Gasteiger partial charge in [-0.15, -0.1) is 0 Å². The molecule has 0 unspecified atom stereocenters. The molecule has 15 atom stereocenters. The molecule has 0 spiro atoms. The average molecular weight is 650 g/mol. The van der Waals surface area contributed by atoms with E-state index in [1.807, 2.05) is 0 Å². The third-order valence-corrected chi connectivity index (χ3v) is 7.12. The van der Waals surface area contributed by atoms with E-state index in [1.165, 1.54) is 0 Å². The minimum atomic E-state index is -3.13. The Morgan fingerprint density at radius 3 is 2.09 bits per heavy atom. The van der Waals surface area contributed by atoms with E-state index in [2.05, 4.69) is 5.32 Å². The first-order chi connectivity index (χ1) is 20.6. The van der Waals surface area contributed by atoms with E-state index < -0.39 is 136 Å². The standard InChI is InChI=1S/C23H39NO20/c25-2-8(31)14(35)18(10(33)4-27)42-21-17(38)20(16(37)11(5-28)41-21)44-23(22(39)40)1-7(30)13(24-12(34)6-29)19(43-23)15(36)9(32)3-26/h2,7-11,13-21,26-33,35-38H,1,3-6H2,(H,24,34)(H,39,40)/t7-,8-,9+,10+,11+,13+,14+,15+,16-,17+,18+,19+,20-,21-,23-/m0/s1. The zero-order valence-electron chi connectivity index (χ0n) is 22.9. The smallest absolute Gasteiger partial charge is 0.364 e. The summed E-state index contributed by atoms with van der Waals surface area (Å²) in [7, 11) is 0. The molecule has 2 fully saturated rings. The van der Waals surface area contributed by atoms with E-state index in [0.29, 0.717) is 0 Å². The van der Waals surface area contributed by atoms with Crippen molar-refractivity contribution in [2.45, 2.75) is 97.8 Å². The van der Waals surface area contributed by atoms with Gasteiger partial charge in [-0.3, -0.25) is 4.79 Å². The molecule has 0 bridgehead atoms. The zero-order chi connectivity index (χ0) is 33.5. The van der Waals surface area contributed by atoms with Crippen molar-refractivity contribution >= 4 is 18.2 Å². The monoisotopic (exact) mass is 649 g/mol. The highest BCUT2D eigenvalue weighted by Gasteiger charge is 2.59. The third kappa shape index (κ3) is 8.41. The molecule has 2 aliphatic rings. The van der Waals surface area contributed by atoms with Gasteiger partial charge < -0.3 is 95.4 Å². The van der Waals surface area contributed by atoms with E-state index in [0.717, 1.165) is 0 Å². The lowest BCUT2D eigenvalue weighted by Crippen LogP contribution is -2.70. The lowest BCUT2D eigenvalue weighted by atomic mass is 9.88. The number of hydrogen-bond donors (Lipinski definition) is 14. The number of hydrogen-bond acceptors (Lipinski definition) is 19. The van der Waals surface area contributed by atoms with Crippen LogP contribution in [-0.4, -0.2) is 202 Å². The van der Waals surface area contributed by atoms with E-state index in [4.69, 9.17) is 24.1 Å². The molecule has 0 aromatic rings. The SMILES string of the molecule is O=C[C@H](O)[C@@H](O)[C@H](O[C@@H]1O[C@H](CO)[C@H](O)[C@H](O[C@]2(C(=O)O)C[C@H](O)[C@@H](NC(=O)CO)[C@H]([C@H](O)[C@H](O)CO)O2)[C@H]1O)[C@H](O)CO. The second-order valence-corrected chi connectivity index (χ2v) is 10.2. The molecule has 14 N–H and O–H groups in total. The second kappa shape index (κ2) is 16.5. The van der Waals surface area contributed by atoms with E-state index >= 15 is 0 Å². The van der Waals surface area contributed by atoms with Crippen molar-refractivity contribution < 1.29 is 99.7 Å². The quantitative estimate of drug-likeness (QED) is 0.0690. The minimum Gasteiger partial charge on any atom is -0.477 e. The molecule has 2 rings (SSSR count). The van der Waals surface area contributed by atoms with Gasteiger partial charge in [0, 0.05) is 6.42 Å². The van der Waals surface area contributed by atoms with Crippen molar-refractivity contribution in [1.29, 1.82) is 0 Å². The van der Waals surface area contributed by atoms with E-state index in [1.54, 1.807) is 0 Å². The van der Waals surface area contributed by atoms with Gasteiger partial charge in [0.05, 0.1) is 32.0 Å². The molecular weight excluding hydrogens is 610 g/mol. The van der Waals surface area contributed by atoms with Crippen molar-refractivity contribution in [2.75, 3.05) is 26.4 Å². The molecule has 2 saturated heterocycles. The van der Waals surface area contributed by atoms with Crippen LogP contribution in [0.15, 0.2) is 0 Å². The van der Waals surface area contributed by atoms with Crippen LogP contribution >= 0.6 is 0 Å².